The first-order valence-electron chi connectivity index (χ1n) is 8.61. The monoisotopic (exact) mass is 374 g/mol. The molecule has 142 valence electrons. The highest BCUT2D eigenvalue weighted by Gasteiger charge is 2.17. The third-order valence-corrected chi connectivity index (χ3v) is 4.37. The largest absolute Gasteiger partial charge is 0.374 e. The number of benzene rings is 2. The minimum atomic E-state index is -1.04. The van der Waals surface area contributed by atoms with Gasteiger partial charge in [-0.05, 0) is 43.2 Å². The molecule has 0 radical (unpaired) electrons. The Kier molecular flexibility index (Phi) is 5.54. The van der Waals surface area contributed by atoms with Gasteiger partial charge >= 0.3 is 0 Å². The second-order valence-corrected chi connectivity index (χ2v) is 6.32. The summed E-state index contributed by atoms with van der Waals surface area (Å²) in [5.41, 5.74) is 7.34. The number of nitrogens with two attached hydrogens (primary N) is 1. The number of anilines is 3. The summed E-state index contributed by atoms with van der Waals surface area (Å²) < 4.78 is 26.2. The van der Waals surface area contributed by atoms with E-state index in [0.717, 1.165) is 43.8 Å². The molecule has 0 atom stereocenters. The van der Waals surface area contributed by atoms with Crippen molar-refractivity contribution in [3.05, 3.63) is 53.6 Å². The van der Waals surface area contributed by atoms with Gasteiger partial charge in [0.2, 0.25) is 11.8 Å². The van der Waals surface area contributed by atoms with Crippen molar-refractivity contribution in [1.82, 2.24) is 0 Å². The normalized spacial score (nSPS) is 13.5. The Morgan fingerprint density at radius 2 is 1.78 bits per heavy atom. The van der Waals surface area contributed by atoms with Crippen molar-refractivity contribution in [1.29, 1.82) is 0 Å². The molecule has 0 aliphatic carbocycles. The van der Waals surface area contributed by atoms with Crippen molar-refractivity contribution in [3.63, 3.8) is 0 Å². The third-order valence-electron chi connectivity index (χ3n) is 4.37. The number of carbonyl (C=O) groups is 2. The number of amides is 2. The van der Waals surface area contributed by atoms with Crippen LogP contribution in [0.3, 0.4) is 0 Å². The van der Waals surface area contributed by atoms with Crippen molar-refractivity contribution >= 4 is 28.9 Å². The molecule has 1 aliphatic heterocycles. The average Bonchev–Trinajstić information content (AvgIpc) is 3.17. The molecule has 0 aromatic heterocycles. The Bertz CT molecular complexity index is 867. The maximum atomic E-state index is 13.2. The molecule has 1 heterocycles. The number of nitrogens with zero attached hydrogens (tertiary/aromatic N) is 1. The first kappa shape index (κ1) is 18.6. The summed E-state index contributed by atoms with van der Waals surface area (Å²) in [5, 5.41) is 5.50. The molecular weight excluding hydrogens is 354 g/mol. The van der Waals surface area contributed by atoms with Crippen LogP contribution in [0.2, 0.25) is 0 Å². The van der Waals surface area contributed by atoms with Crippen molar-refractivity contribution in [3.8, 4) is 0 Å². The Labute approximate surface area is 155 Å². The van der Waals surface area contributed by atoms with Crippen LogP contribution in [-0.2, 0) is 4.79 Å². The van der Waals surface area contributed by atoms with Gasteiger partial charge in [-0.1, -0.05) is 0 Å². The van der Waals surface area contributed by atoms with Gasteiger partial charge in [0.25, 0.3) is 0 Å². The van der Waals surface area contributed by atoms with Crippen LogP contribution in [-0.4, -0.2) is 31.4 Å². The van der Waals surface area contributed by atoms with E-state index in [1.165, 1.54) is 6.07 Å². The van der Waals surface area contributed by atoms with Crippen LogP contribution in [0.1, 0.15) is 23.2 Å². The molecule has 8 heteroatoms. The minimum Gasteiger partial charge on any atom is -0.374 e. The Morgan fingerprint density at radius 1 is 1.04 bits per heavy atom. The fraction of sp³-hybridized carbons (Fsp3) is 0.263. The summed E-state index contributed by atoms with van der Waals surface area (Å²) in [6.07, 6.45) is 2.15. The number of hydrogen-bond donors (Lipinski definition) is 3. The van der Waals surface area contributed by atoms with Crippen LogP contribution in [0, 0.1) is 11.6 Å². The van der Waals surface area contributed by atoms with E-state index >= 15 is 0 Å². The van der Waals surface area contributed by atoms with Crippen molar-refractivity contribution in [2.24, 2.45) is 5.73 Å². The van der Waals surface area contributed by atoms with Gasteiger partial charge in [0.1, 0.15) is 0 Å². The first-order chi connectivity index (χ1) is 12.9. The van der Waals surface area contributed by atoms with Gasteiger partial charge in [-0.2, -0.15) is 0 Å². The lowest BCUT2D eigenvalue weighted by molar-refractivity contribution is -0.114. The topological polar surface area (TPSA) is 87.5 Å². The highest BCUT2D eigenvalue weighted by molar-refractivity contribution is 5.97. The molecule has 1 aliphatic rings. The summed E-state index contributed by atoms with van der Waals surface area (Å²) >= 11 is 0. The predicted octanol–water partition coefficient (Wildman–Crippen LogP) is 2.71. The number of carbonyl (C=O) groups excluding carboxylic acids is 2. The van der Waals surface area contributed by atoms with Gasteiger partial charge in [0.15, 0.2) is 11.6 Å². The van der Waals surface area contributed by atoms with E-state index in [-0.39, 0.29) is 12.2 Å². The summed E-state index contributed by atoms with van der Waals surface area (Å²) in [6, 6.07) is 8.21. The zero-order valence-electron chi connectivity index (χ0n) is 14.6. The van der Waals surface area contributed by atoms with Crippen molar-refractivity contribution < 1.29 is 18.4 Å². The maximum Gasteiger partial charge on any atom is 0.248 e. The average molecular weight is 374 g/mol. The van der Waals surface area contributed by atoms with Crippen LogP contribution in [0.25, 0.3) is 0 Å². The number of rotatable bonds is 6. The van der Waals surface area contributed by atoms with Crippen LogP contribution < -0.4 is 21.3 Å². The van der Waals surface area contributed by atoms with E-state index < -0.39 is 23.4 Å². The Morgan fingerprint density at radius 3 is 2.44 bits per heavy atom. The lowest BCUT2D eigenvalue weighted by Gasteiger charge is -2.22. The SMILES string of the molecule is NC(=O)c1ccc(N2CCCC2)c(NCC(=O)Nc2ccc(F)c(F)c2)c1. The smallest absolute Gasteiger partial charge is 0.248 e. The van der Waals surface area contributed by atoms with E-state index in [4.69, 9.17) is 5.73 Å². The Balaban J connectivity index is 1.71. The van der Waals surface area contributed by atoms with Crippen LogP contribution in [0.5, 0.6) is 0 Å². The summed E-state index contributed by atoms with van der Waals surface area (Å²) in [7, 11) is 0. The van der Waals surface area contributed by atoms with E-state index in [9.17, 15) is 18.4 Å². The quantitative estimate of drug-likeness (QED) is 0.726. The van der Waals surface area contributed by atoms with Gasteiger partial charge in [-0.3, -0.25) is 9.59 Å². The molecule has 2 aromatic carbocycles. The van der Waals surface area contributed by atoms with Crippen LogP contribution in [0.15, 0.2) is 36.4 Å². The second-order valence-electron chi connectivity index (χ2n) is 6.32. The van der Waals surface area contributed by atoms with Crippen molar-refractivity contribution in [2.75, 3.05) is 35.2 Å². The van der Waals surface area contributed by atoms with Gasteiger partial charge in [0.05, 0.1) is 17.9 Å². The highest BCUT2D eigenvalue weighted by Crippen LogP contribution is 2.30. The van der Waals surface area contributed by atoms with Gasteiger partial charge in [-0.25, -0.2) is 8.78 Å². The zero-order chi connectivity index (χ0) is 19.4. The molecule has 0 saturated carbocycles. The molecule has 27 heavy (non-hydrogen) atoms. The molecule has 0 spiro atoms. The highest BCUT2D eigenvalue weighted by atomic mass is 19.2. The summed E-state index contributed by atoms with van der Waals surface area (Å²) in [6.45, 7) is 1.68. The maximum absolute atomic E-state index is 13.2. The lowest BCUT2D eigenvalue weighted by Crippen LogP contribution is -2.25. The number of halogens is 2. The van der Waals surface area contributed by atoms with Gasteiger partial charge < -0.3 is 21.3 Å². The Hall–Kier alpha value is -3.16. The second kappa shape index (κ2) is 8.03. The molecule has 1 saturated heterocycles. The minimum absolute atomic E-state index is 0.109. The van der Waals surface area contributed by atoms with E-state index in [1.54, 1.807) is 18.2 Å². The zero-order valence-corrected chi connectivity index (χ0v) is 14.6. The number of primary amides is 1. The summed E-state index contributed by atoms with van der Waals surface area (Å²) in [5.74, 6) is -3.01. The fourth-order valence-electron chi connectivity index (χ4n) is 3.02. The molecule has 0 unspecified atom stereocenters. The molecule has 1 fully saturated rings. The molecular formula is C19H20F2N4O2. The third kappa shape index (κ3) is 4.52. The summed E-state index contributed by atoms with van der Waals surface area (Å²) in [4.78, 5) is 25.8. The van der Waals surface area contributed by atoms with Gasteiger partial charge in [0, 0.05) is 30.4 Å². The number of hydrogen-bond acceptors (Lipinski definition) is 4. The van der Waals surface area contributed by atoms with E-state index in [2.05, 4.69) is 15.5 Å². The van der Waals surface area contributed by atoms with Crippen molar-refractivity contribution in [2.45, 2.75) is 12.8 Å². The fourth-order valence-corrected chi connectivity index (χ4v) is 3.02. The first-order valence-corrected chi connectivity index (χ1v) is 8.61. The van der Waals surface area contributed by atoms with Crippen LogP contribution in [0.4, 0.5) is 25.8 Å². The lowest BCUT2D eigenvalue weighted by atomic mass is 10.1. The molecule has 2 aromatic rings. The molecule has 3 rings (SSSR count). The number of nitrogens with one attached hydrogen (secondary N) is 2. The molecule has 0 bridgehead atoms. The molecule has 2 amide bonds. The standard InChI is InChI=1S/C19H20F2N4O2/c20-14-5-4-13(10-15(14)21)24-18(26)11-23-16-9-12(19(22)27)3-6-17(16)25-7-1-2-8-25/h3-6,9-10,23H,1-2,7-8,11H2,(H2,22,27)(H,24,26). The van der Waals surface area contributed by atoms with E-state index in [0.29, 0.717) is 11.3 Å². The molecule has 6 nitrogen and oxygen atoms in total. The predicted molar refractivity (Wildman–Crippen MR) is 99.9 cm³/mol. The van der Waals surface area contributed by atoms with Gasteiger partial charge in [-0.15, -0.1) is 0 Å². The van der Waals surface area contributed by atoms with Crippen LogP contribution >= 0.6 is 0 Å². The molecule has 4 N–H and O–H groups in total. The van der Waals surface area contributed by atoms with E-state index in [1.807, 2.05) is 0 Å².